The third-order valence-corrected chi connectivity index (χ3v) is 6.14. The second-order valence-electron chi connectivity index (χ2n) is 7.53. The molecule has 8 nitrogen and oxygen atoms in total. The second-order valence-corrected chi connectivity index (χ2v) is 8.84. The van der Waals surface area contributed by atoms with Gasteiger partial charge in [-0.05, 0) is 43.3 Å². The summed E-state index contributed by atoms with van der Waals surface area (Å²) >= 11 is 1.29. The van der Waals surface area contributed by atoms with Crippen LogP contribution in [0.3, 0.4) is 0 Å². The number of hydrogen-bond donors (Lipinski definition) is 1. The van der Waals surface area contributed by atoms with Gasteiger partial charge >= 0.3 is 0 Å². The molecule has 1 N–H and O–H groups in total. The Morgan fingerprint density at radius 2 is 1.91 bits per heavy atom. The van der Waals surface area contributed by atoms with Crippen molar-refractivity contribution < 1.29 is 4.79 Å². The molecular weight excluding hydrogens is 424 g/mol. The highest BCUT2D eigenvalue weighted by molar-refractivity contribution is 8.00. The second kappa shape index (κ2) is 8.88. The molecule has 0 aliphatic heterocycles. The maximum absolute atomic E-state index is 12.9. The van der Waals surface area contributed by atoms with E-state index < -0.39 is 5.25 Å². The number of aromatic nitrogens is 4. The van der Waals surface area contributed by atoms with Crippen LogP contribution >= 0.6 is 11.8 Å². The molecule has 0 fully saturated rings. The summed E-state index contributed by atoms with van der Waals surface area (Å²) in [5.41, 5.74) is 2.33. The molecule has 0 saturated carbocycles. The molecule has 0 aliphatic rings. The van der Waals surface area contributed by atoms with Crippen LogP contribution in [0, 0.1) is 0 Å². The van der Waals surface area contributed by atoms with Gasteiger partial charge in [-0.15, -0.1) is 16.8 Å². The van der Waals surface area contributed by atoms with Gasteiger partial charge in [0.2, 0.25) is 11.7 Å². The number of hydrogen-bond acceptors (Lipinski definition) is 6. The van der Waals surface area contributed by atoms with Crippen molar-refractivity contribution in [2.45, 2.75) is 23.9 Å². The van der Waals surface area contributed by atoms with E-state index in [1.807, 2.05) is 72.8 Å². The Morgan fingerprint density at radius 3 is 2.59 bits per heavy atom. The lowest BCUT2D eigenvalue weighted by Crippen LogP contribution is -2.24. The summed E-state index contributed by atoms with van der Waals surface area (Å²) in [7, 11) is 3.93. The van der Waals surface area contributed by atoms with E-state index >= 15 is 0 Å². The summed E-state index contributed by atoms with van der Waals surface area (Å²) in [6.45, 7) is 5.87. The number of para-hydroxylation sites is 1. The number of nitrogens with zero attached hydrogens (tertiary/aromatic N) is 5. The number of allylic oxidation sites excluding steroid dienone is 1. The van der Waals surface area contributed by atoms with Gasteiger partial charge in [0.25, 0.3) is 5.56 Å². The van der Waals surface area contributed by atoms with Crippen molar-refractivity contribution >= 4 is 45.7 Å². The zero-order valence-electron chi connectivity index (χ0n) is 18.1. The first kappa shape index (κ1) is 21.6. The van der Waals surface area contributed by atoms with Crippen LogP contribution in [0.1, 0.15) is 6.92 Å². The minimum Gasteiger partial charge on any atom is -0.378 e. The van der Waals surface area contributed by atoms with E-state index in [9.17, 15) is 9.59 Å². The SMILES string of the molecule is C=CCn1c(=O)c2ccccc2n2c(SC(C)C(=O)Nc3ccc(N(C)C)cc3)nnc12. The number of anilines is 2. The van der Waals surface area contributed by atoms with Gasteiger partial charge in [-0.2, -0.15) is 0 Å². The normalized spacial score (nSPS) is 12.1. The lowest BCUT2D eigenvalue weighted by atomic mass is 10.2. The standard InChI is InChI=1S/C23H24N6O2S/c1-5-14-28-21(31)18-8-6-7-9-19(18)29-22(28)25-26-23(29)32-15(2)20(30)24-16-10-12-17(13-11-16)27(3)4/h5-13,15H,1,14H2,2-4H3,(H,24,30). The van der Waals surface area contributed by atoms with E-state index in [-0.39, 0.29) is 11.5 Å². The van der Waals surface area contributed by atoms with Crippen LogP contribution in [0.25, 0.3) is 16.7 Å². The van der Waals surface area contributed by atoms with Crippen LogP contribution < -0.4 is 15.8 Å². The van der Waals surface area contributed by atoms with Gasteiger partial charge in [0.1, 0.15) is 0 Å². The summed E-state index contributed by atoms with van der Waals surface area (Å²) < 4.78 is 3.35. The predicted molar refractivity (Wildman–Crippen MR) is 130 cm³/mol. The molecule has 1 unspecified atom stereocenters. The molecule has 0 spiro atoms. The van der Waals surface area contributed by atoms with E-state index in [0.717, 1.165) is 11.4 Å². The number of amides is 1. The van der Waals surface area contributed by atoms with Crippen molar-refractivity contribution in [2.24, 2.45) is 0 Å². The van der Waals surface area contributed by atoms with Crippen molar-refractivity contribution in [3.05, 3.63) is 71.5 Å². The molecule has 9 heteroatoms. The highest BCUT2D eigenvalue weighted by Gasteiger charge is 2.21. The summed E-state index contributed by atoms with van der Waals surface area (Å²) in [6, 6.07) is 15.0. The van der Waals surface area contributed by atoms with Crippen LogP contribution in [-0.2, 0) is 11.3 Å². The first-order chi connectivity index (χ1) is 15.4. The molecule has 2 aromatic heterocycles. The van der Waals surface area contributed by atoms with Gasteiger partial charge in [-0.25, -0.2) is 0 Å². The van der Waals surface area contributed by atoms with E-state index in [2.05, 4.69) is 22.1 Å². The van der Waals surface area contributed by atoms with Crippen molar-refractivity contribution in [3.8, 4) is 0 Å². The fourth-order valence-corrected chi connectivity index (χ4v) is 4.26. The number of rotatable bonds is 7. The third-order valence-electron chi connectivity index (χ3n) is 5.09. The van der Waals surface area contributed by atoms with Gasteiger partial charge < -0.3 is 10.2 Å². The van der Waals surface area contributed by atoms with Crippen LogP contribution in [0.15, 0.2) is 71.1 Å². The monoisotopic (exact) mass is 448 g/mol. The number of benzene rings is 2. The van der Waals surface area contributed by atoms with Crippen molar-refractivity contribution in [2.75, 3.05) is 24.3 Å². The van der Waals surface area contributed by atoms with Gasteiger partial charge in [0, 0.05) is 32.0 Å². The van der Waals surface area contributed by atoms with Crippen LogP contribution in [0.5, 0.6) is 0 Å². The van der Waals surface area contributed by atoms with Crippen molar-refractivity contribution in [1.82, 2.24) is 19.2 Å². The van der Waals surface area contributed by atoms with Gasteiger partial charge in [-0.1, -0.05) is 30.0 Å². The third kappa shape index (κ3) is 3.99. The maximum atomic E-state index is 12.9. The topological polar surface area (TPSA) is 84.5 Å². The van der Waals surface area contributed by atoms with E-state index in [1.165, 1.54) is 16.3 Å². The molecular formula is C23H24N6O2S. The van der Waals surface area contributed by atoms with E-state index in [0.29, 0.717) is 28.4 Å². The molecule has 4 aromatic rings. The molecule has 0 aliphatic carbocycles. The molecule has 1 amide bonds. The van der Waals surface area contributed by atoms with Crippen LogP contribution in [-0.4, -0.2) is 44.4 Å². The zero-order valence-corrected chi connectivity index (χ0v) is 19.0. The number of thioether (sulfide) groups is 1. The maximum Gasteiger partial charge on any atom is 0.263 e. The first-order valence-electron chi connectivity index (χ1n) is 10.1. The molecule has 2 aromatic carbocycles. The smallest absolute Gasteiger partial charge is 0.263 e. The average Bonchev–Trinajstić information content (AvgIpc) is 3.20. The van der Waals surface area contributed by atoms with E-state index in [1.54, 1.807) is 12.1 Å². The molecule has 32 heavy (non-hydrogen) atoms. The zero-order chi connectivity index (χ0) is 22.8. The predicted octanol–water partition coefficient (Wildman–Crippen LogP) is 3.42. The van der Waals surface area contributed by atoms with Gasteiger partial charge in [0.15, 0.2) is 5.16 Å². The molecule has 1 atom stereocenters. The lowest BCUT2D eigenvalue weighted by molar-refractivity contribution is -0.115. The Kier molecular flexibility index (Phi) is 6.00. The number of nitrogens with one attached hydrogen (secondary N) is 1. The Balaban J connectivity index is 1.64. The Hall–Kier alpha value is -3.59. The van der Waals surface area contributed by atoms with Crippen LogP contribution in [0.2, 0.25) is 0 Å². The summed E-state index contributed by atoms with van der Waals surface area (Å²) in [6.07, 6.45) is 1.65. The molecule has 2 heterocycles. The minimum absolute atomic E-state index is 0.145. The first-order valence-corrected chi connectivity index (χ1v) is 11.0. The highest BCUT2D eigenvalue weighted by Crippen LogP contribution is 2.26. The Bertz CT molecular complexity index is 1360. The van der Waals surface area contributed by atoms with Gasteiger partial charge in [0.05, 0.1) is 16.2 Å². The molecule has 0 saturated heterocycles. The van der Waals surface area contributed by atoms with Crippen molar-refractivity contribution in [1.29, 1.82) is 0 Å². The lowest BCUT2D eigenvalue weighted by Gasteiger charge is -2.15. The Morgan fingerprint density at radius 1 is 1.19 bits per heavy atom. The quantitative estimate of drug-likeness (QED) is 0.345. The summed E-state index contributed by atoms with van der Waals surface area (Å²) in [5.74, 6) is 0.274. The number of fused-ring (bicyclic) bond motifs is 3. The molecule has 4 rings (SSSR count). The fourth-order valence-electron chi connectivity index (χ4n) is 3.40. The number of carbonyl (C=O) groups is 1. The molecule has 164 valence electrons. The number of carbonyl (C=O) groups excluding carboxylic acids is 1. The minimum atomic E-state index is -0.436. The fraction of sp³-hybridized carbons (Fsp3) is 0.217. The Labute approximate surface area is 189 Å². The largest absolute Gasteiger partial charge is 0.378 e. The molecule has 0 bridgehead atoms. The van der Waals surface area contributed by atoms with Gasteiger partial charge in [-0.3, -0.25) is 18.6 Å². The van der Waals surface area contributed by atoms with E-state index in [4.69, 9.17) is 0 Å². The molecule has 0 radical (unpaired) electrons. The average molecular weight is 449 g/mol. The summed E-state index contributed by atoms with van der Waals surface area (Å²) in [4.78, 5) is 27.7. The summed E-state index contributed by atoms with van der Waals surface area (Å²) in [5, 5.41) is 12.1. The van der Waals surface area contributed by atoms with Crippen LogP contribution in [0.4, 0.5) is 11.4 Å². The highest BCUT2D eigenvalue weighted by atomic mass is 32.2. The van der Waals surface area contributed by atoms with Crippen molar-refractivity contribution in [3.63, 3.8) is 0 Å².